The lowest BCUT2D eigenvalue weighted by Crippen LogP contribution is -2.39. The summed E-state index contributed by atoms with van der Waals surface area (Å²) in [6.45, 7) is 2.12. The van der Waals surface area contributed by atoms with E-state index in [1.54, 1.807) is 30.6 Å². The Kier molecular flexibility index (Phi) is 6.18. The Morgan fingerprint density at radius 3 is 2.56 bits per heavy atom. The van der Waals surface area contributed by atoms with Crippen LogP contribution in [0.2, 0.25) is 15.1 Å². The first-order chi connectivity index (χ1) is 12.0. The Morgan fingerprint density at radius 2 is 1.88 bits per heavy atom. The minimum absolute atomic E-state index is 0.337. The summed E-state index contributed by atoms with van der Waals surface area (Å²) in [6, 6.07) is 7.52. The zero-order valence-corrected chi connectivity index (χ0v) is 16.1. The summed E-state index contributed by atoms with van der Waals surface area (Å²) in [6.07, 6.45) is 5.47. The second kappa shape index (κ2) is 8.37. The monoisotopic (exact) mass is 396 g/mol. The molecule has 7 heteroatoms. The van der Waals surface area contributed by atoms with Crippen LogP contribution >= 0.6 is 34.8 Å². The highest BCUT2D eigenvalue weighted by atomic mass is 35.5. The van der Waals surface area contributed by atoms with E-state index < -0.39 is 0 Å². The van der Waals surface area contributed by atoms with Crippen LogP contribution in [0.1, 0.15) is 24.0 Å². The van der Waals surface area contributed by atoms with E-state index >= 15 is 0 Å². The number of benzene rings is 1. The number of nitrogens with one attached hydrogen (secondary N) is 1. The third-order valence-electron chi connectivity index (χ3n) is 4.29. The van der Waals surface area contributed by atoms with Crippen molar-refractivity contribution >= 4 is 40.5 Å². The lowest BCUT2D eigenvalue weighted by atomic mass is 10.0. The van der Waals surface area contributed by atoms with Gasteiger partial charge in [-0.3, -0.25) is 4.98 Å². The molecule has 0 unspecified atom stereocenters. The van der Waals surface area contributed by atoms with E-state index in [-0.39, 0.29) is 0 Å². The minimum atomic E-state index is 0.337. The molecule has 2 aromatic rings. The Balaban J connectivity index is 1.93. The number of rotatable bonds is 4. The standard InChI is InChI=1S/C18H19Cl3N4/c1-25-8-5-13(6-9-25)23-24-18(14-11-22-7-4-15(14)19)12-2-3-16(20)17(21)10-12/h2-4,7,10-11,13,23H,5-6,8-9H2,1H3/b24-18+. The SMILES string of the molecule is CN1CCC(N/N=C(\c2ccc(Cl)c(Cl)c2)c2cnccc2Cl)CC1. The number of pyridine rings is 1. The van der Waals surface area contributed by atoms with E-state index in [0.29, 0.717) is 26.8 Å². The first kappa shape index (κ1) is 18.5. The first-order valence-electron chi connectivity index (χ1n) is 8.11. The zero-order valence-electron chi connectivity index (χ0n) is 13.8. The fourth-order valence-electron chi connectivity index (χ4n) is 2.77. The molecule has 1 aromatic carbocycles. The van der Waals surface area contributed by atoms with Gasteiger partial charge in [-0.15, -0.1) is 0 Å². The molecule has 3 rings (SSSR count). The lowest BCUT2D eigenvalue weighted by Gasteiger charge is -2.28. The third-order valence-corrected chi connectivity index (χ3v) is 5.36. The third kappa shape index (κ3) is 4.64. The summed E-state index contributed by atoms with van der Waals surface area (Å²) in [4.78, 5) is 6.50. The molecule has 1 aliphatic rings. The Hall–Kier alpha value is -1.33. The largest absolute Gasteiger partial charge is 0.306 e. The van der Waals surface area contributed by atoms with E-state index in [1.807, 2.05) is 6.07 Å². The van der Waals surface area contributed by atoms with Crippen molar-refractivity contribution in [1.82, 2.24) is 15.3 Å². The molecular weight excluding hydrogens is 379 g/mol. The summed E-state index contributed by atoms with van der Waals surface area (Å²) in [7, 11) is 2.13. The smallest absolute Gasteiger partial charge is 0.100 e. The van der Waals surface area contributed by atoms with Gasteiger partial charge in [0.25, 0.3) is 0 Å². The second-order valence-electron chi connectivity index (χ2n) is 6.15. The van der Waals surface area contributed by atoms with Crippen LogP contribution < -0.4 is 5.43 Å². The molecule has 1 N–H and O–H groups in total. The highest BCUT2D eigenvalue weighted by Gasteiger charge is 2.18. The van der Waals surface area contributed by atoms with Crippen molar-refractivity contribution < 1.29 is 0 Å². The van der Waals surface area contributed by atoms with Gasteiger partial charge in [0.2, 0.25) is 0 Å². The number of piperidine rings is 1. The van der Waals surface area contributed by atoms with Crippen molar-refractivity contribution in [2.75, 3.05) is 20.1 Å². The number of hydrazone groups is 1. The number of hydrogen-bond acceptors (Lipinski definition) is 4. The quantitative estimate of drug-likeness (QED) is 0.611. The van der Waals surface area contributed by atoms with Crippen LogP contribution in [0.15, 0.2) is 41.8 Å². The maximum atomic E-state index is 6.37. The molecule has 1 aliphatic heterocycles. The van der Waals surface area contributed by atoms with E-state index in [1.165, 1.54) is 0 Å². The van der Waals surface area contributed by atoms with Gasteiger partial charge in [0.1, 0.15) is 5.71 Å². The van der Waals surface area contributed by atoms with Crippen LogP contribution in [-0.2, 0) is 0 Å². The number of hydrogen-bond donors (Lipinski definition) is 1. The summed E-state index contributed by atoms with van der Waals surface area (Å²) < 4.78 is 0. The predicted octanol–water partition coefficient (Wildman–Crippen LogP) is 4.48. The predicted molar refractivity (Wildman–Crippen MR) is 105 cm³/mol. The molecule has 0 aliphatic carbocycles. The van der Waals surface area contributed by atoms with Crippen LogP contribution in [0.4, 0.5) is 0 Å². The molecule has 132 valence electrons. The highest BCUT2D eigenvalue weighted by Crippen LogP contribution is 2.26. The maximum absolute atomic E-state index is 6.37. The van der Waals surface area contributed by atoms with Crippen LogP contribution in [-0.4, -0.2) is 41.8 Å². The molecule has 0 spiro atoms. The van der Waals surface area contributed by atoms with Crippen molar-refractivity contribution in [1.29, 1.82) is 0 Å². The summed E-state index contributed by atoms with van der Waals surface area (Å²) in [5.41, 5.74) is 5.59. The van der Waals surface area contributed by atoms with E-state index in [4.69, 9.17) is 34.8 Å². The Bertz CT molecular complexity index is 771. The number of likely N-dealkylation sites (tertiary alicyclic amines) is 1. The lowest BCUT2D eigenvalue weighted by molar-refractivity contribution is 0.236. The van der Waals surface area contributed by atoms with E-state index in [0.717, 1.165) is 37.1 Å². The van der Waals surface area contributed by atoms with E-state index in [2.05, 4.69) is 27.5 Å². The van der Waals surface area contributed by atoms with Gasteiger partial charge < -0.3 is 10.3 Å². The van der Waals surface area contributed by atoms with Crippen LogP contribution in [0.3, 0.4) is 0 Å². The van der Waals surface area contributed by atoms with Gasteiger partial charge >= 0.3 is 0 Å². The van der Waals surface area contributed by atoms with Crippen LogP contribution in [0, 0.1) is 0 Å². The fraction of sp³-hybridized carbons (Fsp3) is 0.333. The molecule has 25 heavy (non-hydrogen) atoms. The molecule has 2 heterocycles. The topological polar surface area (TPSA) is 40.5 Å². The highest BCUT2D eigenvalue weighted by molar-refractivity contribution is 6.42. The molecule has 1 fully saturated rings. The minimum Gasteiger partial charge on any atom is -0.306 e. The molecule has 4 nitrogen and oxygen atoms in total. The molecule has 1 saturated heterocycles. The molecule has 0 atom stereocenters. The van der Waals surface area contributed by atoms with Gasteiger partial charge in [-0.2, -0.15) is 5.10 Å². The molecule has 1 aromatic heterocycles. The average Bonchev–Trinajstić information content (AvgIpc) is 2.61. The van der Waals surface area contributed by atoms with Crippen molar-refractivity contribution in [3.63, 3.8) is 0 Å². The maximum Gasteiger partial charge on any atom is 0.100 e. The molecule has 0 radical (unpaired) electrons. The first-order valence-corrected chi connectivity index (χ1v) is 9.25. The number of aromatic nitrogens is 1. The van der Waals surface area contributed by atoms with Gasteiger partial charge in [0.05, 0.1) is 15.1 Å². The molecule has 0 amide bonds. The van der Waals surface area contributed by atoms with Crippen molar-refractivity contribution in [3.05, 3.63) is 62.9 Å². The van der Waals surface area contributed by atoms with Crippen molar-refractivity contribution in [3.8, 4) is 0 Å². The summed E-state index contributed by atoms with van der Waals surface area (Å²) in [5, 5.41) is 6.24. The van der Waals surface area contributed by atoms with Crippen LogP contribution in [0.25, 0.3) is 0 Å². The Morgan fingerprint density at radius 1 is 1.12 bits per heavy atom. The molecule has 0 bridgehead atoms. The number of nitrogens with zero attached hydrogens (tertiary/aromatic N) is 3. The van der Waals surface area contributed by atoms with Gasteiger partial charge in [-0.1, -0.05) is 40.9 Å². The Labute approximate surface area is 162 Å². The van der Waals surface area contributed by atoms with Gasteiger partial charge in [-0.05, 0) is 51.2 Å². The number of halogens is 3. The molecule has 0 saturated carbocycles. The van der Waals surface area contributed by atoms with Crippen LogP contribution in [0.5, 0.6) is 0 Å². The van der Waals surface area contributed by atoms with Crippen molar-refractivity contribution in [2.24, 2.45) is 5.10 Å². The zero-order chi connectivity index (χ0) is 17.8. The second-order valence-corrected chi connectivity index (χ2v) is 7.37. The summed E-state index contributed by atoms with van der Waals surface area (Å²) >= 11 is 18.6. The fourth-order valence-corrected chi connectivity index (χ4v) is 3.26. The normalized spacial score (nSPS) is 16.9. The van der Waals surface area contributed by atoms with Crippen molar-refractivity contribution in [2.45, 2.75) is 18.9 Å². The van der Waals surface area contributed by atoms with Gasteiger partial charge in [0, 0.05) is 29.6 Å². The van der Waals surface area contributed by atoms with E-state index in [9.17, 15) is 0 Å². The molecular formula is C18H19Cl3N4. The average molecular weight is 398 g/mol. The van der Waals surface area contributed by atoms with Gasteiger partial charge in [0.15, 0.2) is 0 Å². The van der Waals surface area contributed by atoms with Gasteiger partial charge in [-0.25, -0.2) is 0 Å². The summed E-state index contributed by atoms with van der Waals surface area (Å²) in [5.74, 6) is 0.